The fourth-order valence-corrected chi connectivity index (χ4v) is 15.9. The first-order chi connectivity index (χ1) is 29.2. The van der Waals surface area contributed by atoms with Crippen LogP contribution in [0.15, 0.2) is 161 Å². The molecule has 0 radical (unpaired) electrons. The van der Waals surface area contributed by atoms with Crippen LogP contribution in [-0.2, 0) is 16.2 Å². The van der Waals surface area contributed by atoms with E-state index in [1.165, 1.54) is 110 Å². The molecule has 1 nitrogen and oxygen atoms in total. The minimum absolute atomic E-state index is 0.118. The van der Waals surface area contributed by atoms with Crippen molar-refractivity contribution in [3.63, 3.8) is 0 Å². The molecule has 6 aliphatic rings. The van der Waals surface area contributed by atoms with Crippen molar-refractivity contribution in [2.24, 2.45) is 29.1 Å². The molecule has 0 saturated heterocycles. The summed E-state index contributed by atoms with van der Waals surface area (Å²) in [7, 11) is 0. The molecule has 1 aliphatic heterocycles. The molecular weight excluding hydrogens is 743 g/mol. The highest BCUT2D eigenvalue weighted by atomic mass is 32.2. The van der Waals surface area contributed by atoms with Gasteiger partial charge in [-0.3, -0.25) is 0 Å². The van der Waals surface area contributed by atoms with Crippen molar-refractivity contribution >= 4 is 39.6 Å². The van der Waals surface area contributed by atoms with Gasteiger partial charge < -0.3 is 4.90 Å². The van der Waals surface area contributed by atoms with E-state index in [2.05, 4.69) is 184 Å². The number of benzene rings is 7. The fourth-order valence-electron chi connectivity index (χ4n) is 14.5. The van der Waals surface area contributed by atoms with E-state index in [0.29, 0.717) is 5.41 Å². The summed E-state index contributed by atoms with van der Waals surface area (Å²) in [5.74, 6) is 3.55. The van der Waals surface area contributed by atoms with Crippen molar-refractivity contribution in [1.82, 2.24) is 0 Å². The second kappa shape index (κ2) is 12.3. The van der Waals surface area contributed by atoms with E-state index < -0.39 is 0 Å². The normalized spacial score (nSPS) is 27.9. The van der Waals surface area contributed by atoms with Crippen molar-refractivity contribution in [3.05, 3.63) is 174 Å². The summed E-state index contributed by atoms with van der Waals surface area (Å²) in [4.78, 5) is 5.49. The van der Waals surface area contributed by atoms with Gasteiger partial charge in [0.05, 0.1) is 0 Å². The maximum Gasteiger partial charge on any atom is 0.0464 e. The Morgan fingerprint density at radius 1 is 0.517 bits per heavy atom. The molecule has 296 valence electrons. The summed E-state index contributed by atoms with van der Waals surface area (Å²) < 4.78 is 0. The van der Waals surface area contributed by atoms with Gasteiger partial charge in [0.2, 0.25) is 0 Å². The zero-order chi connectivity index (χ0) is 40.2. The van der Waals surface area contributed by atoms with Crippen LogP contribution in [0.25, 0.3) is 33.0 Å². The third kappa shape index (κ3) is 4.62. The largest absolute Gasteiger partial charge is 0.310 e. The summed E-state index contributed by atoms with van der Waals surface area (Å²) in [5, 5.41) is 2.57. The van der Waals surface area contributed by atoms with Gasteiger partial charge in [0.15, 0.2) is 0 Å². The average Bonchev–Trinajstić information content (AvgIpc) is 3.81. The van der Waals surface area contributed by atoms with Crippen LogP contribution in [0.2, 0.25) is 0 Å². The summed E-state index contributed by atoms with van der Waals surface area (Å²) in [6.07, 6.45) is 8.28. The highest BCUT2D eigenvalue weighted by Gasteiger charge is 2.84. The molecular formula is C58H53NS. The molecule has 2 heteroatoms. The maximum absolute atomic E-state index is 2.53. The van der Waals surface area contributed by atoms with Crippen LogP contribution in [0.5, 0.6) is 0 Å². The topological polar surface area (TPSA) is 3.24 Å². The monoisotopic (exact) mass is 795 g/mol. The standard InChI is InChI=1S/C58H53NS/c1-55(2)29-30-56(3,4)50-34-43(27-28-47(50)55)59(41-23-19-38(20-24-41)45-14-9-12-37-11-5-6-13-44(37)45)42-25-21-39(22-26-42)46-15-10-17-49-54(46)60-51-18-8-7-16-48(51)58(49)52-32-36-31-40-33-53(58)57(40,52)35-36/h5-28,34,36,40,52-53H,29-33,35H2,1-4H3. The lowest BCUT2D eigenvalue weighted by Gasteiger charge is -2.78. The van der Waals surface area contributed by atoms with Gasteiger partial charge in [0.1, 0.15) is 0 Å². The second-order valence-electron chi connectivity index (χ2n) is 20.8. The Hall–Kier alpha value is -5.05. The highest BCUT2D eigenvalue weighted by Crippen LogP contribution is 2.89. The first-order valence-electron chi connectivity index (χ1n) is 22.7. The number of nitrogens with zero attached hydrogens (tertiary/aromatic N) is 1. The van der Waals surface area contributed by atoms with Crippen molar-refractivity contribution in [2.45, 2.75) is 92.3 Å². The SMILES string of the molecule is CC1(C)CCC(C)(C)c2cc(N(c3ccc(-c4cccc5c4Sc4ccccc4C54C5CC6CC7CC4C75C6)cc3)c3ccc(-c4cccc5ccccc45)cc3)ccc21. The lowest BCUT2D eigenvalue weighted by Crippen LogP contribution is -2.74. The lowest BCUT2D eigenvalue weighted by atomic mass is 9.26. The summed E-state index contributed by atoms with van der Waals surface area (Å²) >= 11 is 2.03. The molecule has 2 spiro atoms. The minimum Gasteiger partial charge on any atom is -0.310 e. The third-order valence-electron chi connectivity index (χ3n) is 17.3. The Morgan fingerprint density at radius 2 is 1.13 bits per heavy atom. The molecule has 7 aromatic carbocycles. The molecule has 6 unspecified atom stereocenters. The molecule has 4 saturated carbocycles. The summed E-state index contributed by atoms with van der Waals surface area (Å²) in [6, 6.07) is 58.4. The quantitative estimate of drug-likeness (QED) is 0.171. The average molecular weight is 796 g/mol. The summed E-state index contributed by atoms with van der Waals surface area (Å²) in [6.45, 7) is 9.73. The van der Waals surface area contributed by atoms with Gasteiger partial charge in [-0.25, -0.2) is 0 Å². The Labute approximate surface area is 360 Å². The van der Waals surface area contributed by atoms with Crippen LogP contribution >= 0.6 is 11.8 Å². The van der Waals surface area contributed by atoms with Crippen LogP contribution in [-0.4, -0.2) is 0 Å². The second-order valence-corrected chi connectivity index (χ2v) is 21.8. The molecule has 2 bridgehead atoms. The van der Waals surface area contributed by atoms with Gasteiger partial charge in [0, 0.05) is 32.3 Å². The van der Waals surface area contributed by atoms with Crippen molar-refractivity contribution in [1.29, 1.82) is 0 Å². The van der Waals surface area contributed by atoms with Gasteiger partial charge in [0.25, 0.3) is 0 Å². The molecule has 1 heterocycles. The number of hydrogen-bond donors (Lipinski definition) is 0. The molecule has 0 N–H and O–H groups in total. The van der Waals surface area contributed by atoms with E-state index in [9.17, 15) is 0 Å². The van der Waals surface area contributed by atoms with E-state index in [1.54, 1.807) is 11.1 Å². The Morgan fingerprint density at radius 3 is 1.92 bits per heavy atom. The number of rotatable bonds is 5. The lowest BCUT2D eigenvalue weighted by molar-refractivity contribution is -0.235. The van der Waals surface area contributed by atoms with E-state index in [-0.39, 0.29) is 16.2 Å². The van der Waals surface area contributed by atoms with Gasteiger partial charge >= 0.3 is 0 Å². The van der Waals surface area contributed by atoms with Crippen molar-refractivity contribution in [3.8, 4) is 22.3 Å². The van der Waals surface area contributed by atoms with Gasteiger partial charge in [-0.1, -0.05) is 149 Å². The minimum atomic E-state index is 0.118. The van der Waals surface area contributed by atoms with Crippen LogP contribution in [0.4, 0.5) is 17.1 Å². The molecule has 5 aliphatic carbocycles. The van der Waals surface area contributed by atoms with Crippen LogP contribution in [0.3, 0.4) is 0 Å². The van der Waals surface area contributed by atoms with E-state index >= 15 is 0 Å². The molecule has 13 rings (SSSR count). The van der Waals surface area contributed by atoms with Gasteiger partial charge in [-0.15, -0.1) is 0 Å². The number of fused-ring (bicyclic) bond motifs is 9. The third-order valence-corrected chi connectivity index (χ3v) is 18.5. The fraction of sp³-hybridized carbons (Fsp3) is 0.310. The zero-order valence-electron chi connectivity index (χ0n) is 35.3. The molecule has 0 aromatic heterocycles. The van der Waals surface area contributed by atoms with E-state index in [1.807, 2.05) is 11.8 Å². The van der Waals surface area contributed by atoms with Crippen LogP contribution in [0, 0.1) is 29.1 Å². The van der Waals surface area contributed by atoms with Crippen LogP contribution < -0.4 is 4.90 Å². The first-order valence-corrected chi connectivity index (χ1v) is 23.5. The molecule has 7 aromatic rings. The van der Waals surface area contributed by atoms with Crippen molar-refractivity contribution in [2.75, 3.05) is 4.90 Å². The van der Waals surface area contributed by atoms with Crippen LogP contribution in [0.1, 0.15) is 88.5 Å². The number of hydrogen-bond acceptors (Lipinski definition) is 2. The molecule has 4 fully saturated rings. The Balaban J connectivity index is 0.920. The van der Waals surface area contributed by atoms with Gasteiger partial charge in [-0.05, 0) is 176 Å². The number of anilines is 3. The summed E-state index contributed by atoms with van der Waals surface area (Å²) in [5.41, 5.74) is 16.2. The zero-order valence-corrected chi connectivity index (χ0v) is 36.2. The van der Waals surface area contributed by atoms with Crippen molar-refractivity contribution < 1.29 is 0 Å². The molecule has 6 atom stereocenters. The first kappa shape index (κ1) is 35.7. The molecule has 0 amide bonds. The van der Waals surface area contributed by atoms with E-state index in [4.69, 9.17) is 0 Å². The predicted molar refractivity (Wildman–Crippen MR) is 251 cm³/mol. The van der Waals surface area contributed by atoms with Gasteiger partial charge in [-0.2, -0.15) is 0 Å². The molecule has 60 heavy (non-hydrogen) atoms. The Kier molecular flexibility index (Phi) is 7.31. The predicted octanol–water partition coefficient (Wildman–Crippen LogP) is 15.8. The Bertz CT molecular complexity index is 2900. The smallest absolute Gasteiger partial charge is 0.0464 e. The highest BCUT2D eigenvalue weighted by molar-refractivity contribution is 7.99. The van der Waals surface area contributed by atoms with E-state index in [0.717, 1.165) is 23.7 Å². The maximum atomic E-state index is 2.53.